The zero-order valence-corrected chi connectivity index (χ0v) is 19.5. The van der Waals surface area contributed by atoms with Crippen molar-refractivity contribution in [1.29, 1.82) is 0 Å². The molecule has 0 aliphatic rings. The highest BCUT2D eigenvalue weighted by atomic mass is 32.2. The number of carbonyl (C=O) groups excluding carboxylic acids is 1. The minimum absolute atomic E-state index is 0.197. The van der Waals surface area contributed by atoms with Crippen molar-refractivity contribution in [2.24, 2.45) is 0 Å². The third-order valence-electron chi connectivity index (χ3n) is 4.90. The van der Waals surface area contributed by atoms with Gasteiger partial charge >= 0.3 is 0 Å². The Morgan fingerprint density at radius 3 is 2.44 bits per heavy atom. The molecule has 0 unspecified atom stereocenters. The van der Waals surface area contributed by atoms with Crippen molar-refractivity contribution in [2.45, 2.75) is 17.5 Å². The van der Waals surface area contributed by atoms with E-state index in [1.807, 2.05) is 59.2 Å². The highest BCUT2D eigenvalue weighted by molar-refractivity contribution is 7.98. The summed E-state index contributed by atoms with van der Waals surface area (Å²) in [6.07, 6.45) is 6.88. The number of benzene rings is 1. The Morgan fingerprint density at radius 1 is 0.941 bits per heavy atom. The number of carbonyl (C=O) groups is 1. The summed E-state index contributed by atoms with van der Waals surface area (Å²) in [5.41, 5.74) is 3.30. The van der Waals surface area contributed by atoms with Gasteiger partial charge in [-0.15, -0.1) is 21.5 Å². The summed E-state index contributed by atoms with van der Waals surface area (Å²) in [5.74, 6) is 1.12. The molecule has 0 saturated carbocycles. The van der Waals surface area contributed by atoms with Gasteiger partial charge in [0.15, 0.2) is 11.0 Å². The molecule has 4 aromatic heterocycles. The van der Waals surface area contributed by atoms with E-state index >= 15 is 0 Å². The number of para-hydroxylation sites is 1. The molecule has 0 bridgehead atoms. The van der Waals surface area contributed by atoms with E-state index in [1.54, 1.807) is 30.2 Å². The van der Waals surface area contributed by atoms with E-state index in [2.05, 4.69) is 30.5 Å². The molecule has 0 aliphatic carbocycles. The van der Waals surface area contributed by atoms with E-state index < -0.39 is 0 Å². The fourth-order valence-corrected chi connectivity index (χ4v) is 4.99. The lowest BCUT2D eigenvalue weighted by Crippen LogP contribution is -2.23. The van der Waals surface area contributed by atoms with Crippen molar-refractivity contribution in [3.05, 3.63) is 101 Å². The van der Waals surface area contributed by atoms with Gasteiger partial charge in [0.05, 0.1) is 5.75 Å². The Labute approximate surface area is 204 Å². The number of amides is 1. The molecule has 1 amide bonds. The lowest BCUT2D eigenvalue weighted by atomic mass is 10.2. The number of thioether (sulfide) groups is 1. The highest BCUT2D eigenvalue weighted by Gasteiger charge is 2.17. The smallest absolute Gasteiger partial charge is 0.271 e. The summed E-state index contributed by atoms with van der Waals surface area (Å²) >= 11 is 2.98. The van der Waals surface area contributed by atoms with Crippen LogP contribution in [0.3, 0.4) is 0 Å². The van der Waals surface area contributed by atoms with Crippen LogP contribution in [0.5, 0.6) is 0 Å². The van der Waals surface area contributed by atoms with E-state index in [-0.39, 0.29) is 5.91 Å². The van der Waals surface area contributed by atoms with Gasteiger partial charge in [0.2, 0.25) is 0 Å². The Bertz CT molecular complexity index is 1370. The Morgan fingerprint density at radius 2 is 1.68 bits per heavy atom. The quantitative estimate of drug-likeness (QED) is 0.325. The number of thiazole rings is 1. The fraction of sp³-hybridized carbons (Fsp3) is 0.0833. The average Bonchev–Trinajstić information content (AvgIpc) is 3.55. The predicted molar refractivity (Wildman–Crippen MR) is 132 cm³/mol. The summed E-state index contributed by atoms with van der Waals surface area (Å²) in [6.45, 7) is 0.431. The maximum absolute atomic E-state index is 12.5. The van der Waals surface area contributed by atoms with E-state index in [9.17, 15) is 4.79 Å². The molecular weight excluding hydrogens is 466 g/mol. The number of nitrogens with one attached hydrogen (secondary N) is 1. The summed E-state index contributed by atoms with van der Waals surface area (Å²) < 4.78 is 2.02. The van der Waals surface area contributed by atoms with Crippen LogP contribution in [0.2, 0.25) is 0 Å². The monoisotopic (exact) mass is 485 g/mol. The molecule has 5 rings (SSSR count). The average molecular weight is 486 g/mol. The summed E-state index contributed by atoms with van der Waals surface area (Å²) in [6, 6.07) is 17.5. The summed E-state index contributed by atoms with van der Waals surface area (Å²) in [5, 5.41) is 15.1. The molecule has 1 N–H and O–H groups in total. The van der Waals surface area contributed by atoms with Gasteiger partial charge in [-0.1, -0.05) is 30.0 Å². The number of pyridine rings is 2. The third kappa shape index (κ3) is 5.03. The molecule has 0 radical (unpaired) electrons. The molecule has 0 atom stereocenters. The summed E-state index contributed by atoms with van der Waals surface area (Å²) in [7, 11) is 0. The molecule has 0 fully saturated rings. The highest BCUT2D eigenvalue weighted by Crippen LogP contribution is 2.30. The molecule has 4 heterocycles. The van der Waals surface area contributed by atoms with Crippen LogP contribution in [0.4, 0.5) is 0 Å². The fourth-order valence-electron chi connectivity index (χ4n) is 3.24. The van der Waals surface area contributed by atoms with Gasteiger partial charge < -0.3 is 5.32 Å². The van der Waals surface area contributed by atoms with E-state index in [1.165, 1.54) is 23.1 Å². The Hall–Kier alpha value is -3.89. The first-order valence-electron chi connectivity index (χ1n) is 10.4. The van der Waals surface area contributed by atoms with Gasteiger partial charge in [0.1, 0.15) is 10.7 Å². The Kier molecular flexibility index (Phi) is 6.68. The lowest BCUT2D eigenvalue weighted by Gasteiger charge is -2.09. The predicted octanol–water partition coefficient (Wildman–Crippen LogP) is 4.40. The molecule has 34 heavy (non-hydrogen) atoms. The van der Waals surface area contributed by atoms with Crippen LogP contribution in [0.15, 0.2) is 89.9 Å². The standard InChI is InChI=1S/C24H19N7OS2/c32-23(27-14-17-6-10-25-11-7-17)20-15-33-21(28-20)16-34-24-30-29-22(18-8-12-26-13-9-18)31(24)19-4-2-1-3-5-19/h1-13,15H,14,16H2,(H,27,32). The molecule has 8 nitrogen and oxygen atoms in total. The van der Waals surface area contributed by atoms with Crippen molar-refractivity contribution in [2.75, 3.05) is 0 Å². The molecule has 168 valence electrons. The second kappa shape index (κ2) is 10.4. The second-order valence-electron chi connectivity index (χ2n) is 7.17. The van der Waals surface area contributed by atoms with Crippen molar-refractivity contribution in [1.82, 2.24) is 35.0 Å². The van der Waals surface area contributed by atoms with Gasteiger partial charge in [-0.3, -0.25) is 19.3 Å². The van der Waals surface area contributed by atoms with Crippen LogP contribution in [0.1, 0.15) is 21.1 Å². The first-order valence-corrected chi connectivity index (χ1v) is 12.3. The maximum Gasteiger partial charge on any atom is 0.271 e. The zero-order chi connectivity index (χ0) is 23.2. The zero-order valence-electron chi connectivity index (χ0n) is 17.9. The van der Waals surface area contributed by atoms with Crippen molar-refractivity contribution < 1.29 is 4.79 Å². The molecule has 5 aromatic rings. The van der Waals surface area contributed by atoms with Crippen LogP contribution < -0.4 is 5.32 Å². The topological polar surface area (TPSA) is 98.5 Å². The number of hydrogen-bond acceptors (Lipinski definition) is 8. The minimum Gasteiger partial charge on any atom is -0.347 e. The molecular formula is C24H19N7OS2. The minimum atomic E-state index is -0.197. The first kappa shape index (κ1) is 21.9. The summed E-state index contributed by atoms with van der Waals surface area (Å²) in [4.78, 5) is 25.1. The van der Waals surface area contributed by atoms with Crippen LogP contribution >= 0.6 is 23.1 Å². The van der Waals surface area contributed by atoms with Gasteiger partial charge in [-0.25, -0.2) is 4.98 Å². The van der Waals surface area contributed by atoms with Crippen molar-refractivity contribution in [3.63, 3.8) is 0 Å². The number of rotatable bonds is 8. The molecule has 1 aromatic carbocycles. The molecule has 0 spiro atoms. The Balaban J connectivity index is 1.31. The third-order valence-corrected chi connectivity index (χ3v) is 6.87. The van der Waals surface area contributed by atoms with Crippen LogP contribution in [0, 0.1) is 0 Å². The van der Waals surface area contributed by atoms with Crippen LogP contribution in [-0.2, 0) is 12.3 Å². The molecule has 10 heteroatoms. The van der Waals surface area contributed by atoms with E-state index in [0.717, 1.165) is 32.8 Å². The maximum atomic E-state index is 12.5. The number of hydrogen-bond donors (Lipinski definition) is 1. The second-order valence-corrected chi connectivity index (χ2v) is 9.05. The molecule has 0 saturated heterocycles. The van der Waals surface area contributed by atoms with Gasteiger partial charge in [-0.05, 0) is 42.0 Å². The van der Waals surface area contributed by atoms with Gasteiger partial charge in [0, 0.05) is 48.0 Å². The number of aromatic nitrogens is 6. The van der Waals surface area contributed by atoms with E-state index in [4.69, 9.17) is 0 Å². The van der Waals surface area contributed by atoms with E-state index in [0.29, 0.717) is 18.0 Å². The van der Waals surface area contributed by atoms with Crippen molar-refractivity contribution >= 4 is 29.0 Å². The number of nitrogens with zero attached hydrogens (tertiary/aromatic N) is 6. The first-order chi connectivity index (χ1) is 16.8. The lowest BCUT2D eigenvalue weighted by molar-refractivity contribution is 0.0946. The van der Waals surface area contributed by atoms with Gasteiger partial charge in [0.25, 0.3) is 5.91 Å². The van der Waals surface area contributed by atoms with Crippen LogP contribution in [0.25, 0.3) is 17.1 Å². The molecule has 0 aliphatic heterocycles. The normalized spacial score (nSPS) is 10.8. The van der Waals surface area contributed by atoms with Gasteiger partial charge in [-0.2, -0.15) is 0 Å². The largest absolute Gasteiger partial charge is 0.347 e. The SMILES string of the molecule is O=C(NCc1ccncc1)c1csc(CSc2nnc(-c3ccncc3)n2-c2ccccc2)n1. The van der Waals surface area contributed by atoms with Crippen molar-refractivity contribution in [3.8, 4) is 17.1 Å². The van der Waals surface area contributed by atoms with Crippen LogP contribution in [-0.4, -0.2) is 35.6 Å².